The van der Waals surface area contributed by atoms with E-state index in [0.717, 1.165) is 25.2 Å². The van der Waals surface area contributed by atoms with Crippen molar-refractivity contribution >= 4 is 17.4 Å². The van der Waals surface area contributed by atoms with Crippen LogP contribution in [0.2, 0.25) is 0 Å². The molecule has 1 atom stereocenters. The van der Waals surface area contributed by atoms with Crippen molar-refractivity contribution < 1.29 is 4.74 Å². The maximum atomic E-state index is 6.03. The molecule has 0 spiro atoms. The lowest BCUT2D eigenvalue weighted by molar-refractivity contribution is 0.304. The van der Waals surface area contributed by atoms with E-state index in [1.165, 1.54) is 12.8 Å². The maximum absolute atomic E-state index is 6.03. The van der Waals surface area contributed by atoms with Gasteiger partial charge in [0.2, 0.25) is 5.88 Å². The van der Waals surface area contributed by atoms with E-state index in [4.69, 9.17) is 16.3 Å². The van der Waals surface area contributed by atoms with Crippen LogP contribution in [0.4, 0.5) is 5.82 Å². The molecule has 0 bridgehead atoms. The fourth-order valence-electron chi connectivity index (χ4n) is 2.24. The Bertz CT molecular complexity index is 375. The first-order valence-electron chi connectivity index (χ1n) is 6.62. The predicted molar refractivity (Wildman–Crippen MR) is 73.5 cm³/mol. The molecular formula is C13H20ClN3O. The van der Waals surface area contributed by atoms with E-state index in [1.54, 1.807) is 6.33 Å². The molecule has 1 unspecified atom stereocenters. The minimum absolute atomic E-state index is 0.384. The van der Waals surface area contributed by atoms with E-state index in [-0.39, 0.29) is 0 Å². The Labute approximate surface area is 113 Å². The second-order valence-corrected chi connectivity index (χ2v) is 4.87. The fraction of sp³-hybridized carbons (Fsp3) is 0.692. The number of piperidine rings is 1. The van der Waals surface area contributed by atoms with E-state index >= 15 is 0 Å². The van der Waals surface area contributed by atoms with Gasteiger partial charge < -0.3 is 9.64 Å². The molecule has 1 saturated heterocycles. The van der Waals surface area contributed by atoms with Crippen LogP contribution in [-0.2, 0) is 0 Å². The van der Waals surface area contributed by atoms with Crippen molar-refractivity contribution in [2.75, 3.05) is 23.9 Å². The summed E-state index contributed by atoms with van der Waals surface area (Å²) in [7, 11) is 0. The van der Waals surface area contributed by atoms with Gasteiger partial charge in [-0.15, -0.1) is 11.6 Å². The normalized spacial score (nSPS) is 19.9. The van der Waals surface area contributed by atoms with Crippen molar-refractivity contribution in [3.05, 3.63) is 12.4 Å². The molecule has 0 aromatic carbocycles. The van der Waals surface area contributed by atoms with E-state index in [2.05, 4.69) is 21.8 Å². The molecule has 2 heterocycles. The molecule has 1 aliphatic rings. The summed E-state index contributed by atoms with van der Waals surface area (Å²) in [5, 5.41) is 0. The van der Waals surface area contributed by atoms with E-state index in [9.17, 15) is 0 Å². The first kappa shape index (κ1) is 13.4. The monoisotopic (exact) mass is 269 g/mol. The highest BCUT2D eigenvalue weighted by Crippen LogP contribution is 2.25. The summed E-state index contributed by atoms with van der Waals surface area (Å²) in [4.78, 5) is 10.7. The summed E-state index contributed by atoms with van der Waals surface area (Å²) >= 11 is 6.03. The lowest BCUT2D eigenvalue weighted by Crippen LogP contribution is -2.41. The first-order valence-corrected chi connectivity index (χ1v) is 7.16. The zero-order chi connectivity index (χ0) is 12.8. The number of hydrogen-bond donors (Lipinski definition) is 0. The van der Waals surface area contributed by atoms with Gasteiger partial charge in [0.05, 0.1) is 6.61 Å². The van der Waals surface area contributed by atoms with Crippen LogP contribution in [0.5, 0.6) is 5.88 Å². The molecule has 4 nitrogen and oxygen atoms in total. The quantitative estimate of drug-likeness (QED) is 0.771. The first-order chi connectivity index (χ1) is 8.85. The van der Waals surface area contributed by atoms with Crippen LogP contribution in [0, 0.1) is 0 Å². The van der Waals surface area contributed by atoms with Gasteiger partial charge >= 0.3 is 0 Å². The highest BCUT2D eigenvalue weighted by molar-refractivity contribution is 6.18. The minimum atomic E-state index is 0.384. The molecule has 18 heavy (non-hydrogen) atoms. The standard InChI is InChI=1S/C13H20ClN3O/c1-2-7-18-13-8-12(15-10-16-13)17-6-4-3-5-11(17)9-14/h8,10-11H,2-7,9H2,1H3. The van der Waals surface area contributed by atoms with Gasteiger partial charge in [-0.2, -0.15) is 0 Å². The van der Waals surface area contributed by atoms with Crippen molar-refractivity contribution in [2.45, 2.75) is 38.6 Å². The van der Waals surface area contributed by atoms with Gasteiger partial charge in [0.1, 0.15) is 12.1 Å². The van der Waals surface area contributed by atoms with Gasteiger partial charge in [0, 0.05) is 24.5 Å². The largest absolute Gasteiger partial charge is 0.478 e. The molecule has 0 N–H and O–H groups in total. The number of rotatable bonds is 5. The highest BCUT2D eigenvalue weighted by Gasteiger charge is 2.23. The molecule has 0 saturated carbocycles. The summed E-state index contributed by atoms with van der Waals surface area (Å²) in [5.41, 5.74) is 0. The Morgan fingerprint density at radius 3 is 3.11 bits per heavy atom. The number of hydrogen-bond acceptors (Lipinski definition) is 4. The SMILES string of the molecule is CCCOc1cc(N2CCCCC2CCl)ncn1. The number of halogens is 1. The molecule has 0 radical (unpaired) electrons. The zero-order valence-electron chi connectivity index (χ0n) is 10.8. The van der Waals surface area contributed by atoms with Gasteiger partial charge in [0.15, 0.2) is 0 Å². The third kappa shape index (κ3) is 3.25. The van der Waals surface area contributed by atoms with Crippen molar-refractivity contribution in [3.8, 4) is 5.88 Å². The summed E-state index contributed by atoms with van der Waals surface area (Å²) in [6.07, 6.45) is 6.13. The van der Waals surface area contributed by atoms with Crippen LogP contribution in [0.1, 0.15) is 32.6 Å². The Kier molecular flexibility index (Phi) is 5.05. The predicted octanol–water partition coefficient (Wildman–Crippen LogP) is 2.86. The molecule has 1 aromatic rings. The number of ether oxygens (including phenoxy) is 1. The molecule has 2 rings (SSSR count). The van der Waals surface area contributed by atoms with Gasteiger partial charge in [-0.3, -0.25) is 0 Å². The third-order valence-corrected chi connectivity index (χ3v) is 3.54. The summed E-state index contributed by atoms with van der Waals surface area (Å²) in [6, 6.07) is 2.30. The van der Waals surface area contributed by atoms with Crippen molar-refractivity contribution in [2.24, 2.45) is 0 Å². The van der Waals surface area contributed by atoms with Crippen LogP contribution >= 0.6 is 11.6 Å². The third-order valence-electron chi connectivity index (χ3n) is 3.18. The van der Waals surface area contributed by atoms with Gasteiger partial charge in [-0.25, -0.2) is 9.97 Å². The molecule has 5 heteroatoms. The summed E-state index contributed by atoms with van der Waals surface area (Å²) in [5.74, 6) is 2.23. The lowest BCUT2D eigenvalue weighted by atomic mass is 10.0. The molecule has 1 aliphatic heterocycles. The Morgan fingerprint density at radius 2 is 2.33 bits per heavy atom. The Balaban J connectivity index is 2.10. The minimum Gasteiger partial charge on any atom is -0.478 e. The van der Waals surface area contributed by atoms with E-state index < -0.39 is 0 Å². The Morgan fingerprint density at radius 1 is 1.44 bits per heavy atom. The van der Waals surface area contributed by atoms with Crippen LogP contribution in [-0.4, -0.2) is 35.0 Å². The summed E-state index contributed by atoms with van der Waals surface area (Å²) in [6.45, 7) is 3.78. The van der Waals surface area contributed by atoms with Crippen LogP contribution < -0.4 is 9.64 Å². The van der Waals surface area contributed by atoms with E-state index in [0.29, 0.717) is 24.4 Å². The molecule has 1 fully saturated rings. The van der Waals surface area contributed by atoms with Gasteiger partial charge in [-0.1, -0.05) is 6.92 Å². The fourth-order valence-corrected chi connectivity index (χ4v) is 2.56. The maximum Gasteiger partial charge on any atom is 0.218 e. The van der Waals surface area contributed by atoms with Gasteiger partial charge in [0.25, 0.3) is 0 Å². The molecule has 0 aliphatic carbocycles. The van der Waals surface area contributed by atoms with Crippen molar-refractivity contribution in [3.63, 3.8) is 0 Å². The zero-order valence-corrected chi connectivity index (χ0v) is 11.6. The van der Waals surface area contributed by atoms with Crippen LogP contribution in [0.3, 0.4) is 0 Å². The number of anilines is 1. The molecular weight excluding hydrogens is 250 g/mol. The number of alkyl halides is 1. The molecule has 1 aromatic heterocycles. The van der Waals surface area contributed by atoms with Crippen molar-refractivity contribution in [1.82, 2.24) is 9.97 Å². The lowest BCUT2D eigenvalue weighted by Gasteiger charge is -2.35. The second kappa shape index (κ2) is 6.78. The Hall–Kier alpha value is -1.03. The summed E-state index contributed by atoms with van der Waals surface area (Å²) < 4.78 is 5.54. The topological polar surface area (TPSA) is 38.2 Å². The van der Waals surface area contributed by atoms with Gasteiger partial charge in [-0.05, 0) is 25.7 Å². The second-order valence-electron chi connectivity index (χ2n) is 4.56. The average molecular weight is 270 g/mol. The van der Waals surface area contributed by atoms with E-state index in [1.807, 2.05) is 6.07 Å². The van der Waals surface area contributed by atoms with Crippen LogP contribution in [0.25, 0.3) is 0 Å². The molecule has 0 amide bonds. The average Bonchev–Trinajstić information content (AvgIpc) is 2.45. The number of aromatic nitrogens is 2. The highest BCUT2D eigenvalue weighted by atomic mass is 35.5. The smallest absolute Gasteiger partial charge is 0.218 e. The van der Waals surface area contributed by atoms with Crippen LogP contribution in [0.15, 0.2) is 12.4 Å². The van der Waals surface area contributed by atoms with Crippen molar-refractivity contribution in [1.29, 1.82) is 0 Å². The number of nitrogens with zero attached hydrogens (tertiary/aromatic N) is 3. The molecule has 100 valence electrons.